The van der Waals surface area contributed by atoms with Crippen LogP contribution in [0, 0.1) is 6.92 Å². The van der Waals surface area contributed by atoms with E-state index < -0.39 is 11.5 Å². The highest BCUT2D eigenvalue weighted by Crippen LogP contribution is 2.25. The summed E-state index contributed by atoms with van der Waals surface area (Å²) in [6.45, 7) is 4.09. The Morgan fingerprint density at radius 3 is 2.62 bits per heavy atom. The number of aryl methyl sites for hydroxylation is 1. The van der Waals surface area contributed by atoms with E-state index in [2.05, 4.69) is 20.2 Å². The molecule has 1 aliphatic heterocycles. The molecule has 1 atom stereocenters. The Hall–Kier alpha value is -2.18. The molecule has 1 aliphatic rings. The quantitative estimate of drug-likeness (QED) is 0.843. The molecule has 1 amide bonds. The minimum absolute atomic E-state index is 0.0316. The largest absolute Gasteiger partial charge is 0.350 e. The van der Waals surface area contributed by atoms with Crippen molar-refractivity contribution in [2.75, 3.05) is 19.6 Å². The lowest BCUT2D eigenvalue weighted by atomic mass is 10.0. The summed E-state index contributed by atoms with van der Waals surface area (Å²) in [7, 11) is 0. The smallest absolute Gasteiger partial charge is 0.263 e. The molecule has 2 N–H and O–H groups in total. The van der Waals surface area contributed by atoms with Gasteiger partial charge in [-0.25, -0.2) is 4.98 Å². The van der Waals surface area contributed by atoms with Crippen LogP contribution in [0.25, 0.3) is 0 Å². The molecule has 7 heteroatoms. The van der Waals surface area contributed by atoms with Gasteiger partial charge in [0.25, 0.3) is 11.5 Å². The van der Waals surface area contributed by atoms with Crippen molar-refractivity contribution in [3.8, 4) is 0 Å². The normalized spacial score (nSPS) is 16.2. The molecule has 0 unspecified atom stereocenters. The molecule has 1 fully saturated rings. The first-order chi connectivity index (χ1) is 12.5. The van der Waals surface area contributed by atoms with Crippen molar-refractivity contribution < 1.29 is 4.79 Å². The summed E-state index contributed by atoms with van der Waals surface area (Å²) in [6, 6.07) is 7.77. The third kappa shape index (κ3) is 4.51. The zero-order valence-electron chi connectivity index (χ0n) is 14.8. The van der Waals surface area contributed by atoms with Crippen LogP contribution >= 0.6 is 11.6 Å². The van der Waals surface area contributed by atoms with Crippen LogP contribution < -0.4 is 10.9 Å². The Kier molecular flexibility index (Phi) is 6.06. The lowest BCUT2D eigenvalue weighted by Gasteiger charge is -2.35. The Bertz CT molecular complexity index is 813. The molecule has 0 saturated carbocycles. The van der Waals surface area contributed by atoms with Crippen LogP contribution in [0.3, 0.4) is 0 Å². The van der Waals surface area contributed by atoms with Crippen LogP contribution in [0.1, 0.15) is 47.1 Å². The second kappa shape index (κ2) is 8.47. The molecule has 1 saturated heterocycles. The van der Waals surface area contributed by atoms with E-state index in [1.54, 1.807) is 6.92 Å². The Morgan fingerprint density at radius 1 is 1.27 bits per heavy atom. The number of rotatable bonds is 5. The second-order valence-corrected chi connectivity index (χ2v) is 7.02. The van der Waals surface area contributed by atoms with E-state index in [9.17, 15) is 9.59 Å². The van der Waals surface area contributed by atoms with E-state index in [0.29, 0.717) is 17.4 Å². The number of likely N-dealkylation sites (tertiary alicyclic amines) is 1. The maximum atomic E-state index is 12.4. The fourth-order valence-electron chi connectivity index (χ4n) is 3.30. The molecule has 0 spiro atoms. The highest BCUT2D eigenvalue weighted by atomic mass is 35.5. The first kappa shape index (κ1) is 18.6. The molecule has 2 aromatic rings. The number of hydrogen-bond acceptors (Lipinski definition) is 4. The predicted molar refractivity (Wildman–Crippen MR) is 102 cm³/mol. The minimum atomic E-state index is -0.420. The standard InChI is InChI=1S/C19H23ClN4O2/c1-13-21-11-16(19(26)23-13)18(25)22-12-17(24-9-3-2-4-10-24)14-5-7-15(20)8-6-14/h5-8,11,17H,2-4,9-10,12H2,1H3,(H,22,25)(H,21,23,26)/t17-/m1/s1. The van der Waals surface area contributed by atoms with Gasteiger partial charge in [0.2, 0.25) is 0 Å². The van der Waals surface area contributed by atoms with E-state index in [1.807, 2.05) is 24.3 Å². The Labute approximate surface area is 157 Å². The average molecular weight is 375 g/mol. The van der Waals surface area contributed by atoms with Crippen molar-refractivity contribution in [1.82, 2.24) is 20.2 Å². The topological polar surface area (TPSA) is 78.1 Å². The van der Waals surface area contributed by atoms with Gasteiger partial charge in [-0.15, -0.1) is 0 Å². The van der Waals surface area contributed by atoms with Gasteiger partial charge < -0.3 is 10.3 Å². The monoisotopic (exact) mass is 374 g/mol. The number of nitrogens with one attached hydrogen (secondary N) is 2. The highest BCUT2D eigenvalue weighted by molar-refractivity contribution is 6.30. The van der Waals surface area contributed by atoms with Crippen molar-refractivity contribution in [2.45, 2.75) is 32.2 Å². The third-order valence-corrected chi connectivity index (χ3v) is 4.97. The van der Waals surface area contributed by atoms with Gasteiger partial charge in [0, 0.05) is 17.8 Å². The number of carbonyl (C=O) groups is 1. The number of nitrogens with zero attached hydrogens (tertiary/aromatic N) is 2. The molecule has 138 valence electrons. The molecular formula is C19H23ClN4O2. The van der Waals surface area contributed by atoms with Crippen molar-refractivity contribution in [2.24, 2.45) is 0 Å². The first-order valence-corrected chi connectivity index (χ1v) is 9.26. The third-order valence-electron chi connectivity index (χ3n) is 4.71. The lowest BCUT2D eigenvalue weighted by molar-refractivity contribution is 0.0922. The maximum absolute atomic E-state index is 12.4. The zero-order chi connectivity index (χ0) is 18.5. The highest BCUT2D eigenvalue weighted by Gasteiger charge is 2.23. The molecule has 3 rings (SSSR count). The summed E-state index contributed by atoms with van der Waals surface area (Å²) in [5, 5.41) is 3.58. The first-order valence-electron chi connectivity index (χ1n) is 8.88. The van der Waals surface area contributed by atoms with Crippen molar-refractivity contribution >= 4 is 17.5 Å². The van der Waals surface area contributed by atoms with Gasteiger partial charge in [-0.3, -0.25) is 14.5 Å². The van der Waals surface area contributed by atoms with E-state index in [-0.39, 0.29) is 11.6 Å². The van der Waals surface area contributed by atoms with Crippen LogP contribution in [0.4, 0.5) is 0 Å². The van der Waals surface area contributed by atoms with Gasteiger partial charge in [0.05, 0.1) is 6.04 Å². The SMILES string of the molecule is Cc1ncc(C(=O)NC[C@H](c2ccc(Cl)cc2)N2CCCCC2)c(=O)[nH]1. The number of aromatic nitrogens is 2. The number of H-pyrrole nitrogens is 1. The number of benzene rings is 1. The summed E-state index contributed by atoms with van der Waals surface area (Å²) in [4.78, 5) is 33.3. The van der Waals surface area contributed by atoms with Gasteiger partial charge in [0.15, 0.2) is 0 Å². The molecule has 6 nitrogen and oxygen atoms in total. The van der Waals surface area contributed by atoms with Gasteiger partial charge in [-0.1, -0.05) is 30.2 Å². The summed E-state index contributed by atoms with van der Waals surface area (Å²) in [5.41, 5.74) is 0.715. The number of carbonyl (C=O) groups excluding carboxylic acids is 1. The number of halogens is 1. The second-order valence-electron chi connectivity index (χ2n) is 6.59. The van der Waals surface area contributed by atoms with Crippen LogP contribution in [-0.4, -0.2) is 40.4 Å². The fraction of sp³-hybridized carbons (Fsp3) is 0.421. The molecular weight excluding hydrogens is 352 g/mol. The van der Waals surface area contributed by atoms with E-state index in [1.165, 1.54) is 12.6 Å². The molecule has 1 aromatic heterocycles. The van der Waals surface area contributed by atoms with Gasteiger partial charge in [-0.05, 0) is 50.6 Å². The lowest BCUT2D eigenvalue weighted by Crippen LogP contribution is -2.41. The van der Waals surface area contributed by atoms with Crippen LogP contribution in [0.5, 0.6) is 0 Å². The van der Waals surface area contributed by atoms with Gasteiger partial charge in [-0.2, -0.15) is 0 Å². The molecule has 0 bridgehead atoms. The van der Waals surface area contributed by atoms with Gasteiger partial charge >= 0.3 is 0 Å². The van der Waals surface area contributed by atoms with Crippen molar-refractivity contribution in [3.05, 3.63) is 62.8 Å². The van der Waals surface area contributed by atoms with Crippen LogP contribution in [0.15, 0.2) is 35.3 Å². The molecule has 0 aliphatic carbocycles. The molecule has 2 heterocycles. The zero-order valence-corrected chi connectivity index (χ0v) is 15.6. The van der Waals surface area contributed by atoms with E-state index in [4.69, 9.17) is 11.6 Å². The van der Waals surface area contributed by atoms with E-state index >= 15 is 0 Å². The summed E-state index contributed by atoms with van der Waals surface area (Å²) >= 11 is 6.01. The number of aromatic amines is 1. The molecule has 1 aromatic carbocycles. The predicted octanol–water partition coefficient (Wildman–Crippen LogP) is 2.69. The summed E-state index contributed by atoms with van der Waals surface area (Å²) in [5.74, 6) is 0.0774. The fourth-order valence-corrected chi connectivity index (χ4v) is 3.43. The van der Waals surface area contributed by atoms with Crippen LogP contribution in [-0.2, 0) is 0 Å². The van der Waals surface area contributed by atoms with Crippen molar-refractivity contribution in [1.29, 1.82) is 0 Å². The molecule has 26 heavy (non-hydrogen) atoms. The van der Waals surface area contributed by atoms with Gasteiger partial charge in [0.1, 0.15) is 11.4 Å². The van der Waals surface area contributed by atoms with Crippen molar-refractivity contribution in [3.63, 3.8) is 0 Å². The summed E-state index contributed by atoms with van der Waals surface area (Å²) in [6.07, 6.45) is 4.86. The minimum Gasteiger partial charge on any atom is -0.350 e. The molecule has 0 radical (unpaired) electrons. The number of piperidine rings is 1. The number of hydrogen-bond donors (Lipinski definition) is 2. The average Bonchev–Trinajstić information content (AvgIpc) is 2.64. The Morgan fingerprint density at radius 2 is 1.96 bits per heavy atom. The maximum Gasteiger partial charge on any atom is 0.263 e. The van der Waals surface area contributed by atoms with E-state index in [0.717, 1.165) is 31.5 Å². The van der Waals surface area contributed by atoms with Crippen LogP contribution in [0.2, 0.25) is 5.02 Å². The summed E-state index contributed by atoms with van der Waals surface area (Å²) < 4.78 is 0. The number of amides is 1. The Balaban J connectivity index is 1.75.